The summed E-state index contributed by atoms with van der Waals surface area (Å²) in [5.41, 5.74) is 21.7. The van der Waals surface area contributed by atoms with E-state index in [4.69, 9.17) is 0 Å². The van der Waals surface area contributed by atoms with Gasteiger partial charge in [0.2, 0.25) is 0 Å². The smallest absolute Gasteiger partial charge is 0.0541 e. The predicted molar refractivity (Wildman–Crippen MR) is 325 cm³/mol. The normalized spacial score (nSPS) is 13.9. The number of rotatable bonds is 9. The molecular formula is C74H51N3. The Balaban J connectivity index is 0.833. The molecule has 1 aromatic heterocycles. The minimum Gasteiger partial charge on any atom is -0.313 e. The van der Waals surface area contributed by atoms with Crippen molar-refractivity contribution in [1.29, 1.82) is 0 Å². The Morgan fingerprint density at radius 3 is 1.61 bits per heavy atom. The number of para-hydroxylation sites is 3. The molecule has 2 aliphatic rings. The fraction of sp³-hybridized carbons (Fsp3) is 0.0270. The molecular weight excluding hydrogens is 931 g/mol. The summed E-state index contributed by atoms with van der Waals surface area (Å²) in [7, 11) is 0. The van der Waals surface area contributed by atoms with E-state index >= 15 is 0 Å². The fourth-order valence-electron chi connectivity index (χ4n) is 12.4. The number of anilines is 5. The van der Waals surface area contributed by atoms with Crippen LogP contribution >= 0.6 is 0 Å². The van der Waals surface area contributed by atoms with Crippen LogP contribution in [0.3, 0.4) is 0 Å². The number of nitrogens with zero attached hydrogens (tertiary/aromatic N) is 3. The lowest BCUT2D eigenvalue weighted by Crippen LogP contribution is -2.16. The van der Waals surface area contributed by atoms with E-state index in [0.717, 1.165) is 34.9 Å². The van der Waals surface area contributed by atoms with Gasteiger partial charge >= 0.3 is 0 Å². The van der Waals surface area contributed by atoms with E-state index < -0.39 is 0 Å². The summed E-state index contributed by atoms with van der Waals surface area (Å²) in [5, 5.41) is 7.41. The van der Waals surface area contributed by atoms with Gasteiger partial charge in [-0.25, -0.2) is 0 Å². The lowest BCUT2D eigenvalue weighted by Gasteiger charge is -2.28. The maximum Gasteiger partial charge on any atom is 0.0541 e. The highest BCUT2D eigenvalue weighted by Gasteiger charge is 2.37. The molecule has 1 aliphatic heterocycles. The largest absolute Gasteiger partial charge is 0.313 e. The maximum absolute atomic E-state index is 2.50. The standard InChI is InChI=1S/C74H51N3/c1-4-16-50(17-5-1)58-37-44-68-69-45-43-63(49-73(69)77(72(68)48-58)59-22-8-3-9-23-59)75(60-40-34-53(35-41-60)65-27-15-21-54-20-14-26-64(74(54)65)52-18-6-2-7-19-52)62-42-36-56-46-55(30-31-57(56)47-62)51-32-38-61(39-33-51)76-70-28-12-10-24-66(70)67-25-11-13-29-71(67)76/h1-43,45-49,68H,44H2. The monoisotopic (exact) mass is 981 g/mol. The van der Waals surface area contributed by atoms with Gasteiger partial charge in [0.05, 0.1) is 16.7 Å². The second-order valence-corrected chi connectivity index (χ2v) is 20.4. The first-order chi connectivity index (χ1) is 38.2. The topological polar surface area (TPSA) is 11.4 Å². The lowest BCUT2D eigenvalue weighted by atomic mass is 9.87. The van der Waals surface area contributed by atoms with Crippen molar-refractivity contribution in [2.45, 2.75) is 12.3 Å². The third kappa shape index (κ3) is 7.66. The fourth-order valence-corrected chi connectivity index (χ4v) is 12.4. The molecule has 0 N–H and O–H groups in total. The van der Waals surface area contributed by atoms with E-state index in [1.54, 1.807) is 0 Å². The highest BCUT2D eigenvalue weighted by molar-refractivity contribution is 6.10. The zero-order valence-electron chi connectivity index (χ0n) is 42.3. The lowest BCUT2D eigenvalue weighted by molar-refractivity contribution is 0.822. The number of benzene rings is 12. The SMILES string of the molecule is C1=C(c2ccccc2)C=C2C(C1)c1ccc(N(c3ccc(-c4cccc5cccc(-c6ccccc6)c45)cc3)c3ccc4cc(-c5ccc(-n6c7ccccc7c7ccccc76)cc5)ccc4c3)cc1N2c1ccccc1. The predicted octanol–water partition coefficient (Wildman–Crippen LogP) is 20.2. The minimum atomic E-state index is 0.251. The average molecular weight is 982 g/mol. The molecule has 3 heteroatoms. The summed E-state index contributed by atoms with van der Waals surface area (Å²) >= 11 is 0. The van der Waals surface area contributed by atoms with Crippen molar-refractivity contribution < 1.29 is 0 Å². The molecule has 77 heavy (non-hydrogen) atoms. The molecule has 0 radical (unpaired) electrons. The van der Waals surface area contributed by atoms with Crippen molar-refractivity contribution in [2.24, 2.45) is 0 Å². The molecule has 0 saturated heterocycles. The van der Waals surface area contributed by atoms with Gasteiger partial charge < -0.3 is 14.4 Å². The summed E-state index contributed by atoms with van der Waals surface area (Å²) in [6, 6.07) is 102. The van der Waals surface area contributed by atoms with Crippen LogP contribution in [0.1, 0.15) is 23.5 Å². The molecule has 1 unspecified atom stereocenters. The van der Waals surface area contributed by atoms with Crippen LogP contribution in [0.2, 0.25) is 0 Å². The van der Waals surface area contributed by atoms with Crippen LogP contribution in [-0.2, 0) is 0 Å². The number of allylic oxidation sites excluding steroid dienone is 4. The second-order valence-electron chi connectivity index (χ2n) is 20.4. The Morgan fingerprint density at radius 2 is 0.909 bits per heavy atom. The van der Waals surface area contributed by atoms with Crippen molar-refractivity contribution in [1.82, 2.24) is 4.57 Å². The van der Waals surface area contributed by atoms with Crippen LogP contribution < -0.4 is 9.80 Å². The van der Waals surface area contributed by atoms with Crippen LogP contribution in [-0.4, -0.2) is 4.57 Å². The van der Waals surface area contributed by atoms with Crippen molar-refractivity contribution in [3.05, 3.63) is 308 Å². The van der Waals surface area contributed by atoms with Gasteiger partial charge in [-0.2, -0.15) is 0 Å². The van der Waals surface area contributed by atoms with E-state index in [1.807, 2.05) is 0 Å². The van der Waals surface area contributed by atoms with Gasteiger partial charge in [0.25, 0.3) is 0 Å². The molecule has 0 spiro atoms. The molecule has 1 atom stereocenters. The maximum atomic E-state index is 2.50. The Kier molecular flexibility index (Phi) is 10.7. The molecule has 15 rings (SSSR count). The van der Waals surface area contributed by atoms with E-state index in [1.165, 1.54) is 105 Å². The summed E-state index contributed by atoms with van der Waals surface area (Å²) in [4.78, 5) is 4.94. The van der Waals surface area contributed by atoms with Gasteiger partial charge in [0.1, 0.15) is 0 Å². The third-order valence-electron chi connectivity index (χ3n) is 16.0. The van der Waals surface area contributed by atoms with Gasteiger partial charge in [0, 0.05) is 50.8 Å². The van der Waals surface area contributed by atoms with Gasteiger partial charge in [-0.1, -0.05) is 206 Å². The molecule has 362 valence electrons. The van der Waals surface area contributed by atoms with Crippen LogP contribution in [0.25, 0.3) is 88.0 Å². The molecule has 12 aromatic carbocycles. The van der Waals surface area contributed by atoms with Crippen molar-refractivity contribution >= 4 is 77.4 Å². The molecule has 0 saturated carbocycles. The second kappa shape index (κ2) is 18.5. The van der Waals surface area contributed by atoms with Gasteiger partial charge in [-0.15, -0.1) is 0 Å². The van der Waals surface area contributed by atoms with Gasteiger partial charge in [-0.05, 0) is 163 Å². The van der Waals surface area contributed by atoms with Crippen LogP contribution in [0.15, 0.2) is 297 Å². The first-order valence-electron chi connectivity index (χ1n) is 26.8. The highest BCUT2D eigenvalue weighted by Crippen LogP contribution is 2.54. The average Bonchev–Trinajstić information content (AvgIpc) is 4.02. The molecule has 3 nitrogen and oxygen atoms in total. The Morgan fingerprint density at radius 1 is 0.364 bits per heavy atom. The quantitative estimate of drug-likeness (QED) is 0.143. The molecule has 2 heterocycles. The van der Waals surface area contributed by atoms with E-state index in [0.29, 0.717) is 0 Å². The summed E-state index contributed by atoms with van der Waals surface area (Å²) < 4.78 is 2.38. The van der Waals surface area contributed by atoms with Crippen molar-refractivity contribution in [3.63, 3.8) is 0 Å². The first kappa shape index (κ1) is 44.5. The van der Waals surface area contributed by atoms with E-state index in [2.05, 4.69) is 306 Å². The number of fused-ring (bicyclic) bond motifs is 8. The molecule has 0 bridgehead atoms. The molecule has 1 aliphatic carbocycles. The Labute approximate surface area is 448 Å². The molecule has 0 amide bonds. The van der Waals surface area contributed by atoms with Crippen molar-refractivity contribution in [3.8, 4) is 39.1 Å². The number of hydrogen-bond donors (Lipinski definition) is 0. The highest BCUT2D eigenvalue weighted by atomic mass is 15.2. The first-order valence-corrected chi connectivity index (χ1v) is 26.8. The summed E-state index contributed by atoms with van der Waals surface area (Å²) in [6.45, 7) is 0. The van der Waals surface area contributed by atoms with Crippen LogP contribution in [0, 0.1) is 0 Å². The van der Waals surface area contributed by atoms with Crippen molar-refractivity contribution in [2.75, 3.05) is 9.80 Å². The number of hydrogen-bond acceptors (Lipinski definition) is 2. The third-order valence-corrected chi connectivity index (χ3v) is 16.0. The summed E-state index contributed by atoms with van der Waals surface area (Å²) in [5.74, 6) is 0.251. The zero-order chi connectivity index (χ0) is 50.8. The minimum absolute atomic E-state index is 0.251. The molecule has 13 aromatic rings. The Bertz CT molecular complexity index is 4400. The number of aromatic nitrogens is 1. The van der Waals surface area contributed by atoms with Crippen LogP contribution in [0.4, 0.5) is 28.4 Å². The summed E-state index contributed by atoms with van der Waals surface area (Å²) in [6.07, 6.45) is 5.78. The molecule has 0 fully saturated rings. The zero-order valence-corrected chi connectivity index (χ0v) is 42.3. The van der Waals surface area contributed by atoms with Gasteiger partial charge in [0.15, 0.2) is 0 Å². The van der Waals surface area contributed by atoms with E-state index in [9.17, 15) is 0 Å². The van der Waals surface area contributed by atoms with Gasteiger partial charge in [-0.3, -0.25) is 0 Å². The Hall–Kier alpha value is -9.96. The van der Waals surface area contributed by atoms with E-state index in [-0.39, 0.29) is 5.92 Å². The van der Waals surface area contributed by atoms with Crippen LogP contribution in [0.5, 0.6) is 0 Å².